The number of halogens is 3. The molecule has 1 heterocycles. The third kappa shape index (κ3) is 4.70. The van der Waals surface area contributed by atoms with Crippen molar-refractivity contribution in [2.45, 2.75) is 39.0 Å². The molecule has 4 nitrogen and oxygen atoms in total. The summed E-state index contributed by atoms with van der Waals surface area (Å²) in [6.45, 7) is 1.46. The van der Waals surface area contributed by atoms with Gasteiger partial charge in [0, 0.05) is 22.0 Å². The molecule has 0 saturated carbocycles. The zero-order valence-electron chi connectivity index (χ0n) is 15.4. The van der Waals surface area contributed by atoms with Crippen molar-refractivity contribution >= 4 is 28.2 Å². The Labute approximate surface area is 170 Å². The third-order valence-corrected chi connectivity index (χ3v) is 5.18. The molecule has 1 amide bonds. The molecule has 1 aromatic carbocycles. The summed E-state index contributed by atoms with van der Waals surface area (Å²) in [6.07, 6.45) is 7.44. The topological polar surface area (TPSA) is 54.9 Å². The number of aryl methyl sites for hydroxylation is 2. The maximum absolute atomic E-state index is 12.4. The van der Waals surface area contributed by atoms with Gasteiger partial charge in [-0.2, -0.15) is 0 Å². The first-order valence-corrected chi connectivity index (χ1v) is 9.85. The summed E-state index contributed by atoms with van der Waals surface area (Å²) in [5.74, 6) is -0.207. The van der Waals surface area contributed by atoms with Crippen LogP contribution < -0.4 is 5.32 Å². The maximum atomic E-state index is 12.4. The highest BCUT2D eigenvalue weighted by Crippen LogP contribution is 2.32. The van der Waals surface area contributed by atoms with Crippen LogP contribution in [0.3, 0.4) is 0 Å². The lowest BCUT2D eigenvalue weighted by molar-refractivity contribution is -0.105. The highest BCUT2D eigenvalue weighted by atomic mass is 79.9. The molecule has 0 bridgehead atoms. The van der Waals surface area contributed by atoms with Crippen molar-refractivity contribution in [3.05, 3.63) is 63.4 Å². The number of nitrogens with zero attached hydrogens (tertiary/aromatic N) is 2. The van der Waals surface area contributed by atoms with E-state index < -0.39 is 5.83 Å². The lowest BCUT2D eigenvalue weighted by atomic mass is 10.0. The molecule has 1 aromatic heterocycles. The molecule has 2 aliphatic rings. The summed E-state index contributed by atoms with van der Waals surface area (Å²) < 4.78 is 25.9. The third-order valence-electron chi connectivity index (χ3n) is 4.69. The predicted molar refractivity (Wildman–Crippen MR) is 109 cm³/mol. The molecule has 0 unspecified atom stereocenters. The van der Waals surface area contributed by atoms with Crippen LogP contribution >= 0.6 is 15.9 Å². The van der Waals surface area contributed by atoms with Gasteiger partial charge in [0.15, 0.2) is 5.82 Å². The Bertz CT molecular complexity index is 957. The van der Waals surface area contributed by atoms with Crippen LogP contribution in [0.15, 0.2) is 52.2 Å². The van der Waals surface area contributed by atoms with Crippen molar-refractivity contribution in [1.29, 1.82) is 0 Å². The van der Waals surface area contributed by atoms with Crippen molar-refractivity contribution < 1.29 is 13.6 Å². The highest BCUT2D eigenvalue weighted by molar-refractivity contribution is 9.10. The fraction of sp³-hybridized carbons (Fsp3) is 0.286. The number of nitrogens with one attached hydrogen (secondary N) is 1. The summed E-state index contributed by atoms with van der Waals surface area (Å²) in [6, 6.07) is 6.27. The van der Waals surface area contributed by atoms with Crippen LogP contribution in [0.4, 0.5) is 14.6 Å². The number of amides is 1. The van der Waals surface area contributed by atoms with E-state index in [9.17, 15) is 13.6 Å². The van der Waals surface area contributed by atoms with E-state index in [2.05, 4.69) is 49.4 Å². The second-order valence-electron chi connectivity index (χ2n) is 6.59. The number of hydrogen-bond acceptors (Lipinski definition) is 3. The smallest absolute Gasteiger partial charge is 0.212 e. The number of fused-ring (bicyclic) bond motifs is 3. The standard InChI is InChI=1S/C14H12BrN3O.C7H8F2/c15-10-5-4-9-2-1-3-12-14(11(9)6-10)16-7-13(18-12)17-8-19;1-5-6(8)3-2-4-7(5)9/h4-8H,1-3H2,(H,17,18,19);3H,2,4H2,1H3. The summed E-state index contributed by atoms with van der Waals surface area (Å²) in [5, 5.41) is 2.55. The normalized spacial score (nSPS) is 15.4. The van der Waals surface area contributed by atoms with Crippen LogP contribution in [-0.2, 0) is 17.6 Å². The van der Waals surface area contributed by atoms with E-state index in [1.165, 1.54) is 18.6 Å². The van der Waals surface area contributed by atoms with Crippen LogP contribution in [0.25, 0.3) is 11.3 Å². The van der Waals surface area contributed by atoms with Gasteiger partial charge in [-0.3, -0.25) is 9.78 Å². The summed E-state index contributed by atoms with van der Waals surface area (Å²) >= 11 is 3.50. The Morgan fingerprint density at radius 1 is 1.21 bits per heavy atom. The van der Waals surface area contributed by atoms with Crippen LogP contribution in [0.1, 0.15) is 37.4 Å². The largest absolute Gasteiger partial charge is 0.312 e. The van der Waals surface area contributed by atoms with E-state index in [1.54, 1.807) is 6.20 Å². The molecular formula is C21H20BrF2N3O. The van der Waals surface area contributed by atoms with Gasteiger partial charge in [0.25, 0.3) is 0 Å². The monoisotopic (exact) mass is 447 g/mol. The van der Waals surface area contributed by atoms with Crippen LogP contribution in [-0.4, -0.2) is 16.4 Å². The van der Waals surface area contributed by atoms with E-state index in [-0.39, 0.29) is 11.4 Å². The van der Waals surface area contributed by atoms with Crippen LogP contribution in [0.5, 0.6) is 0 Å². The minimum Gasteiger partial charge on any atom is -0.312 e. The molecule has 0 radical (unpaired) electrons. The minimum absolute atomic E-state index is 0.168. The first-order chi connectivity index (χ1) is 13.5. The van der Waals surface area contributed by atoms with Gasteiger partial charge >= 0.3 is 0 Å². The van der Waals surface area contributed by atoms with Crippen LogP contribution in [0.2, 0.25) is 0 Å². The van der Waals surface area contributed by atoms with Gasteiger partial charge in [-0.1, -0.05) is 22.0 Å². The predicted octanol–water partition coefficient (Wildman–Crippen LogP) is 5.84. The molecular weight excluding hydrogens is 428 g/mol. The quantitative estimate of drug-likeness (QED) is 0.588. The molecule has 28 heavy (non-hydrogen) atoms. The number of aromatic nitrogens is 2. The Kier molecular flexibility index (Phi) is 6.67. The second kappa shape index (κ2) is 9.19. The zero-order chi connectivity index (χ0) is 20.1. The van der Waals surface area contributed by atoms with Gasteiger partial charge in [0.1, 0.15) is 11.7 Å². The molecule has 7 heteroatoms. The molecule has 1 N–H and O–H groups in total. The lowest BCUT2D eigenvalue weighted by Gasteiger charge is -2.09. The molecule has 0 saturated heterocycles. The second-order valence-corrected chi connectivity index (χ2v) is 7.50. The highest BCUT2D eigenvalue weighted by Gasteiger charge is 2.17. The van der Waals surface area contributed by atoms with Crippen molar-refractivity contribution in [2.24, 2.45) is 0 Å². The lowest BCUT2D eigenvalue weighted by Crippen LogP contribution is -2.03. The Morgan fingerprint density at radius 2 is 2.04 bits per heavy atom. The molecule has 2 aliphatic carbocycles. The molecule has 146 valence electrons. The molecule has 0 aliphatic heterocycles. The number of rotatable bonds is 2. The maximum Gasteiger partial charge on any atom is 0.212 e. The number of benzene rings is 1. The molecule has 0 fully saturated rings. The van der Waals surface area contributed by atoms with Gasteiger partial charge in [0.05, 0.1) is 17.6 Å². The average molecular weight is 448 g/mol. The first kappa shape index (κ1) is 20.3. The number of allylic oxidation sites excluding steroid dienone is 4. The van der Waals surface area contributed by atoms with Gasteiger partial charge in [-0.15, -0.1) is 0 Å². The Hall–Kier alpha value is -2.41. The molecule has 2 aromatic rings. The molecule has 4 rings (SSSR count). The van der Waals surface area contributed by atoms with Crippen molar-refractivity contribution in [1.82, 2.24) is 9.97 Å². The Balaban J connectivity index is 0.000000211. The van der Waals surface area contributed by atoms with Gasteiger partial charge in [-0.05, 0) is 56.4 Å². The number of anilines is 1. The SMILES string of the molecule is CC1=C(F)CCC=C1F.O=CNc1cnc2c(n1)CCCc1ccc(Br)cc1-2. The van der Waals surface area contributed by atoms with Gasteiger partial charge in [-0.25, -0.2) is 13.8 Å². The van der Waals surface area contributed by atoms with E-state index >= 15 is 0 Å². The number of hydrogen-bond donors (Lipinski definition) is 1. The fourth-order valence-electron chi connectivity index (χ4n) is 3.19. The Morgan fingerprint density at radius 3 is 2.75 bits per heavy atom. The molecule has 0 atom stereocenters. The van der Waals surface area contributed by atoms with E-state index in [1.807, 2.05) is 0 Å². The van der Waals surface area contributed by atoms with Crippen molar-refractivity contribution in [3.63, 3.8) is 0 Å². The number of carbonyl (C=O) groups excluding carboxylic acids is 1. The average Bonchev–Trinajstić information content (AvgIpc) is 2.85. The fourth-order valence-corrected chi connectivity index (χ4v) is 3.55. The van der Waals surface area contributed by atoms with Crippen molar-refractivity contribution in [3.8, 4) is 11.3 Å². The van der Waals surface area contributed by atoms with Crippen molar-refractivity contribution in [2.75, 3.05) is 5.32 Å². The number of carbonyl (C=O) groups is 1. The molecule has 0 spiro atoms. The first-order valence-electron chi connectivity index (χ1n) is 9.05. The van der Waals surface area contributed by atoms with Gasteiger partial charge < -0.3 is 5.32 Å². The minimum atomic E-state index is -0.404. The van der Waals surface area contributed by atoms with Crippen LogP contribution in [0, 0.1) is 0 Å². The van der Waals surface area contributed by atoms with E-state index in [0.29, 0.717) is 25.1 Å². The van der Waals surface area contributed by atoms with Gasteiger partial charge in [0.2, 0.25) is 6.41 Å². The summed E-state index contributed by atoms with van der Waals surface area (Å²) in [7, 11) is 0. The summed E-state index contributed by atoms with van der Waals surface area (Å²) in [4.78, 5) is 19.4. The van der Waals surface area contributed by atoms with E-state index in [0.717, 1.165) is 40.7 Å². The summed E-state index contributed by atoms with van der Waals surface area (Å²) in [5.41, 5.74) is 4.47. The zero-order valence-corrected chi connectivity index (χ0v) is 17.0. The van der Waals surface area contributed by atoms with E-state index in [4.69, 9.17) is 0 Å².